The lowest BCUT2D eigenvalue weighted by atomic mass is 9.94. The molecule has 31 heavy (non-hydrogen) atoms. The Hall–Kier alpha value is -3.45. The lowest BCUT2D eigenvalue weighted by Crippen LogP contribution is -2.33. The summed E-state index contributed by atoms with van der Waals surface area (Å²) in [6.07, 6.45) is -0.788. The van der Waals surface area contributed by atoms with Crippen molar-refractivity contribution in [3.8, 4) is 11.1 Å². The van der Waals surface area contributed by atoms with Crippen LogP contribution < -0.4 is 11.1 Å². The van der Waals surface area contributed by atoms with Crippen LogP contribution in [0, 0.1) is 0 Å². The molecular formula is C24H24N2O4S. The number of nitrogens with two attached hydrogens (primary N) is 1. The lowest BCUT2D eigenvalue weighted by Gasteiger charge is -2.25. The normalized spacial score (nSPS) is 11.0. The van der Waals surface area contributed by atoms with E-state index in [9.17, 15) is 14.4 Å². The SMILES string of the molecule is CC(C)(Cc1ccc(-c2ccccc2)cc1NC(=O)CC(=O)c1ccsc1)OC(N)=O. The van der Waals surface area contributed by atoms with Crippen LogP contribution in [0.4, 0.5) is 10.5 Å². The van der Waals surface area contributed by atoms with Gasteiger partial charge in [0.05, 0.1) is 6.42 Å². The molecule has 0 aliphatic carbocycles. The van der Waals surface area contributed by atoms with Gasteiger partial charge in [0.2, 0.25) is 5.91 Å². The molecule has 2 amide bonds. The number of nitrogens with one attached hydrogen (secondary N) is 1. The highest BCUT2D eigenvalue weighted by molar-refractivity contribution is 7.08. The van der Waals surface area contributed by atoms with Crippen molar-refractivity contribution in [3.63, 3.8) is 0 Å². The van der Waals surface area contributed by atoms with Crippen LogP contribution in [0.5, 0.6) is 0 Å². The van der Waals surface area contributed by atoms with E-state index < -0.39 is 17.6 Å². The Morgan fingerprint density at radius 2 is 1.77 bits per heavy atom. The number of ketones is 1. The van der Waals surface area contributed by atoms with Gasteiger partial charge in [0.25, 0.3) is 0 Å². The van der Waals surface area contributed by atoms with Crippen molar-refractivity contribution in [3.05, 3.63) is 76.5 Å². The number of carbonyl (C=O) groups excluding carboxylic acids is 3. The number of hydrogen-bond acceptors (Lipinski definition) is 5. The molecule has 3 aromatic rings. The van der Waals surface area contributed by atoms with Gasteiger partial charge in [-0.1, -0.05) is 42.5 Å². The molecule has 160 valence electrons. The van der Waals surface area contributed by atoms with Crippen LogP contribution in [0.15, 0.2) is 65.4 Å². The van der Waals surface area contributed by atoms with Crippen molar-refractivity contribution in [1.82, 2.24) is 0 Å². The van der Waals surface area contributed by atoms with Crippen LogP contribution in [0.3, 0.4) is 0 Å². The molecule has 0 fully saturated rings. The quantitative estimate of drug-likeness (QED) is 0.382. The van der Waals surface area contributed by atoms with E-state index in [0.29, 0.717) is 17.7 Å². The zero-order chi connectivity index (χ0) is 22.4. The molecule has 0 unspecified atom stereocenters. The van der Waals surface area contributed by atoms with Gasteiger partial charge in [0.15, 0.2) is 5.78 Å². The summed E-state index contributed by atoms with van der Waals surface area (Å²) < 4.78 is 5.20. The zero-order valence-electron chi connectivity index (χ0n) is 17.4. The summed E-state index contributed by atoms with van der Waals surface area (Å²) in [5, 5.41) is 6.38. The highest BCUT2D eigenvalue weighted by atomic mass is 32.1. The predicted octanol–water partition coefficient (Wildman–Crippen LogP) is 5.04. The summed E-state index contributed by atoms with van der Waals surface area (Å²) in [5.74, 6) is -0.645. The van der Waals surface area contributed by atoms with Gasteiger partial charge in [-0.25, -0.2) is 4.79 Å². The molecular weight excluding hydrogens is 412 g/mol. The van der Waals surface area contributed by atoms with E-state index in [0.717, 1.165) is 16.7 Å². The monoisotopic (exact) mass is 436 g/mol. The summed E-state index contributed by atoms with van der Waals surface area (Å²) in [7, 11) is 0. The van der Waals surface area contributed by atoms with Gasteiger partial charge in [-0.3, -0.25) is 9.59 Å². The molecule has 0 saturated carbocycles. The Bertz CT molecular complexity index is 1080. The molecule has 0 saturated heterocycles. The molecule has 7 heteroatoms. The average Bonchev–Trinajstić information content (AvgIpc) is 3.24. The van der Waals surface area contributed by atoms with Gasteiger partial charge >= 0.3 is 6.09 Å². The molecule has 0 aliphatic rings. The van der Waals surface area contributed by atoms with Crippen molar-refractivity contribution in [2.45, 2.75) is 32.3 Å². The van der Waals surface area contributed by atoms with Crippen molar-refractivity contribution in [2.24, 2.45) is 5.73 Å². The van der Waals surface area contributed by atoms with Gasteiger partial charge < -0.3 is 15.8 Å². The third-order valence-electron chi connectivity index (χ3n) is 4.65. The fourth-order valence-corrected chi connectivity index (χ4v) is 3.95. The molecule has 0 spiro atoms. The largest absolute Gasteiger partial charge is 0.443 e. The van der Waals surface area contributed by atoms with E-state index in [1.807, 2.05) is 48.5 Å². The second kappa shape index (κ2) is 9.57. The Morgan fingerprint density at radius 3 is 2.42 bits per heavy atom. The first-order valence-electron chi connectivity index (χ1n) is 9.75. The van der Waals surface area contributed by atoms with E-state index in [1.54, 1.807) is 30.7 Å². The van der Waals surface area contributed by atoms with Crippen LogP contribution >= 0.6 is 11.3 Å². The Labute approximate surface area is 185 Å². The molecule has 3 rings (SSSR count). The van der Waals surface area contributed by atoms with Crippen LogP contribution in [0.25, 0.3) is 11.1 Å². The van der Waals surface area contributed by atoms with Gasteiger partial charge in [-0.2, -0.15) is 11.3 Å². The van der Waals surface area contributed by atoms with E-state index in [2.05, 4.69) is 5.32 Å². The van der Waals surface area contributed by atoms with Crippen molar-refractivity contribution < 1.29 is 19.1 Å². The first kappa shape index (κ1) is 22.2. The summed E-state index contributed by atoms with van der Waals surface area (Å²) in [5.41, 5.74) is 8.07. The maximum absolute atomic E-state index is 12.6. The Kier molecular flexibility index (Phi) is 6.87. The van der Waals surface area contributed by atoms with Gasteiger partial charge in [-0.15, -0.1) is 0 Å². The smallest absolute Gasteiger partial charge is 0.405 e. The molecule has 1 heterocycles. The number of amides is 2. The molecule has 0 bridgehead atoms. The Morgan fingerprint density at radius 1 is 1.03 bits per heavy atom. The minimum absolute atomic E-state index is 0.239. The fraction of sp³-hybridized carbons (Fsp3) is 0.208. The van der Waals surface area contributed by atoms with Gasteiger partial charge in [0, 0.05) is 23.1 Å². The minimum Gasteiger partial charge on any atom is -0.443 e. The summed E-state index contributed by atoms with van der Waals surface area (Å²) in [4.78, 5) is 36.2. The number of primary amides is 1. The number of benzene rings is 2. The fourth-order valence-electron chi connectivity index (χ4n) is 3.29. The maximum atomic E-state index is 12.6. The number of rotatable bonds is 8. The molecule has 0 radical (unpaired) electrons. The second-order valence-electron chi connectivity index (χ2n) is 7.76. The van der Waals surface area contributed by atoms with Crippen LogP contribution in [0.1, 0.15) is 36.2 Å². The summed E-state index contributed by atoms with van der Waals surface area (Å²) >= 11 is 1.41. The van der Waals surface area contributed by atoms with Crippen LogP contribution in [0.2, 0.25) is 0 Å². The predicted molar refractivity (Wildman–Crippen MR) is 122 cm³/mol. The number of anilines is 1. The standard InChI is InChI=1S/C24H24N2O4S/c1-24(2,30-23(25)29)14-18-9-8-17(16-6-4-3-5-7-16)12-20(18)26-22(28)13-21(27)19-10-11-31-15-19/h3-12,15H,13-14H2,1-2H3,(H2,25,29)(H,26,28). The van der Waals surface area contributed by atoms with Crippen molar-refractivity contribution >= 4 is 34.8 Å². The van der Waals surface area contributed by atoms with Crippen molar-refractivity contribution in [1.29, 1.82) is 0 Å². The number of hydrogen-bond donors (Lipinski definition) is 2. The summed E-state index contributed by atoms with van der Waals surface area (Å²) in [6.45, 7) is 3.49. The maximum Gasteiger partial charge on any atom is 0.405 e. The molecule has 3 N–H and O–H groups in total. The first-order chi connectivity index (χ1) is 14.7. The first-order valence-corrected chi connectivity index (χ1v) is 10.7. The molecule has 0 atom stereocenters. The number of carbonyl (C=O) groups is 3. The number of Topliss-reactive ketones (excluding diaryl/α,β-unsaturated/α-hetero) is 1. The topological polar surface area (TPSA) is 98.5 Å². The molecule has 6 nitrogen and oxygen atoms in total. The lowest BCUT2D eigenvalue weighted by molar-refractivity contribution is -0.115. The van der Waals surface area contributed by atoms with Gasteiger partial charge in [-0.05, 0) is 48.1 Å². The highest BCUT2D eigenvalue weighted by Crippen LogP contribution is 2.29. The Balaban J connectivity index is 1.87. The minimum atomic E-state index is -0.869. The molecule has 2 aromatic carbocycles. The van der Waals surface area contributed by atoms with E-state index >= 15 is 0 Å². The van der Waals surface area contributed by atoms with Crippen LogP contribution in [-0.4, -0.2) is 23.4 Å². The summed E-state index contributed by atoms with van der Waals surface area (Å²) in [6, 6.07) is 17.1. The molecule has 0 aliphatic heterocycles. The number of thiophene rings is 1. The average molecular weight is 437 g/mol. The third kappa shape index (κ3) is 6.26. The highest BCUT2D eigenvalue weighted by Gasteiger charge is 2.24. The van der Waals surface area contributed by atoms with E-state index in [4.69, 9.17) is 10.5 Å². The second-order valence-corrected chi connectivity index (χ2v) is 8.54. The van der Waals surface area contributed by atoms with Crippen molar-refractivity contribution in [2.75, 3.05) is 5.32 Å². The third-order valence-corrected chi connectivity index (χ3v) is 5.33. The van der Waals surface area contributed by atoms with Gasteiger partial charge in [0.1, 0.15) is 5.60 Å². The van der Waals surface area contributed by atoms with E-state index in [1.165, 1.54) is 11.3 Å². The number of ether oxygens (including phenoxy) is 1. The van der Waals surface area contributed by atoms with E-state index in [-0.39, 0.29) is 12.2 Å². The van der Waals surface area contributed by atoms with Crippen LogP contribution in [-0.2, 0) is 16.0 Å². The molecule has 1 aromatic heterocycles. The zero-order valence-corrected chi connectivity index (χ0v) is 18.2.